The zero-order chi connectivity index (χ0) is 17.4. The van der Waals surface area contributed by atoms with Crippen molar-refractivity contribution in [3.8, 4) is 17.2 Å². The van der Waals surface area contributed by atoms with Crippen molar-refractivity contribution in [2.45, 2.75) is 12.7 Å². The van der Waals surface area contributed by atoms with E-state index >= 15 is 0 Å². The molecule has 1 fully saturated rings. The second-order valence-electron chi connectivity index (χ2n) is 5.62. The Morgan fingerprint density at radius 1 is 1.08 bits per heavy atom. The quantitative estimate of drug-likeness (QED) is 0.721. The fraction of sp³-hybridized carbons (Fsp3) is 0.647. The fourth-order valence-corrected chi connectivity index (χ4v) is 3.64. The molecule has 0 bridgehead atoms. The molecule has 1 heterocycles. The minimum absolute atomic E-state index is 0.306. The lowest BCUT2D eigenvalue weighted by molar-refractivity contribution is 0.0113. The predicted molar refractivity (Wildman–Crippen MR) is 95.5 cm³/mol. The zero-order valence-corrected chi connectivity index (χ0v) is 15.4. The molecule has 1 aliphatic rings. The smallest absolute Gasteiger partial charge is 0.203 e. The van der Waals surface area contributed by atoms with Gasteiger partial charge in [-0.2, -0.15) is 11.8 Å². The van der Waals surface area contributed by atoms with Gasteiger partial charge in [-0.1, -0.05) is 0 Å². The van der Waals surface area contributed by atoms with Crippen molar-refractivity contribution in [3.63, 3.8) is 0 Å². The summed E-state index contributed by atoms with van der Waals surface area (Å²) >= 11 is 1.96. The molecule has 1 saturated heterocycles. The molecule has 1 atom stereocenters. The first kappa shape index (κ1) is 19.2. The highest BCUT2D eigenvalue weighted by Gasteiger charge is 2.16. The van der Waals surface area contributed by atoms with Gasteiger partial charge in [0.2, 0.25) is 5.75 Å². The average Bonchev–Trinajstić information content (AvgIpc) is 2.61. The number of nitrogens with zero attached hydrogens (tertiary/aromatic N) is 1. The summed E-state index contributed by atoms with van der Waals surface area (Å²) in [5.41, 5.74) is 0.908. The summed E-state index contributed by atoms with van der Waals surface area (Å²) in [5.74, 6) is 4.04. The summed E-state index contributed by atoms with van der Waals surface area (Å²) in [6.45, 7) is 3.42. The van der Waals surface area contributed by atoms with Gasteiger partial charge in [0.25, 0.3) is 0 Å². The van der Waals surface area contributed by atoms with Crippen LogP contribution in [0.1, 0.15) is 5.56 Å². The average molecular weight is 357 g/mol. The van der Waals surface area contributed by atoms with Gasteiger partial charge in [0.05, 0.1) is 40.6 Å². The number of hydrogen-bond acceptors (Lipinski definition) is 7. The first-order valence-electron chi connectivity index (χ1n) is 8.02. The summed E-state index contributed by atoms with van der Waals surface area (Å²) in [7, 11) is 4.75. The largest absolute Gasteiger partial charge is 0.493 e. The lowest BCUT2D eigenvalue weighted by Crippen LogP contribution is -2.39. The molecule has 2 rings (SSSR count). The normalized spacial score (nSPS) is 16.7. The number of rotatable bonds is 9. The molecule has 1 N–H and O–H groups in total. The van der Waals surface area contributed by atoms with Gasteiger partial charge >= 0.3 is 0 Å². The maximum Gasteiger partial charge on any atom is 0.203 e. The Kier molecular flexibility index (Phi) is 7.98. The van der Waals surface area contributed by atoms with E-state index in [-0.39, 0.29) is 0 Å². The molecule has 7 heteroatoms. The summed E-state index contributed by atoms with van der Waals surface area (Å²) in [6.07, 6.45) is -0.477. The van der Waals surface area contributed by atoms with Crippen LogP contribution in [0.15, 0.2) is 12.1 Å². The number of thioether (sulfide) groups is 1. The van der Waals surface area contributed by atoms with Crippen LogP contribution in [0.2, 0.25) is 0 Å². The number of β-amino-alcohol motifs (C(OH)–C–C–N with tert-alkyl or cyclic N) is 1. The number of methoxy groups -OCH3 is 3. The molecule has 1 aromatic carbocycles. The van der Waals surface area contributed by atoms with E-state index in [0.29, 0.717) is 37.0 Å². The van der Waals surface area contributed by atoms with E-state index in [9.17, 15) is 5.11 Å². The van der Waals surface area contributed by atoms with Gasteiger partial charge < -0.3 is 24.1 Å². The number of aliphatic hydroxyl groups excluding tert-OH is 1. The second-order valence-corrected chi connectivity index (χ2v) is 6.84. The van der Waals surface area contributed by atoms with E-state index in [1.165, 1.54) is 0 Å². The van der Waals surface area contributed by atoms with Crippen LogP contribution in [0, 0.1) is 0 Å². The molecule has 24 heavy (non-hydrogen) atoms. The van der Waals surface area contributed by atoms with Crippen LogP contribution >= 0.6 is 11.8 Å². The third kappa shape index (κ3) is 5.44. The molecule has 1 aromatic rings. The zero-order valence-electron chi connectivity index (χ0n) is 14.6. The molecule has 1 aliphatic heterocycles. The Bertz CT molecular complexity index is 483. The molecule has 6 nitrogen and oxygen atoms in total. The van der Waals surface area contributed by atoms with Crippen LogP contribution in [-0.4, -0.2) is 75.2 Å². The van der Waals surface area contributed by atoms with Crippen molar-refractivity contribution < 1.29 is 24.1 Å². The van der Waals surface area contributed by atoms with E-state index in [2.05, 4.69) is 4.90 Å². The first-order chi connectivity index (χ1) is 11.7. The van der Waals surface area contributed by atoms with Crippen molar-refractivity contribution in [1.82, 2.24) is 4.90 Å². The molecular weight excluding hydrogens is 330 g/mol. The van der Waals surface area contributed by atoms with Crippen LogP contribution in [0.25, 0.3) is 0 Å². The topological polar surface area (TPSA) is 60.4 Å². The molecule has 0 radical (unpaired) electrons. The Hall–Kier alpha value is -1.15. The van der Waals surface area contributed by atoms with Crippen molar-refractivity contribution in [3.05, 3.63) is 17.7 Å². The first-order valence-corrected chi connectivity index (χ1v) is 9.18. The maximum absolute atomic E-state index is 10.1. The van der Waals surface area contributed by atoms with Crippen LogP contribution in [0.5, 0.6) is 17.2 Å². The maximum atomic E-state index is 10.1. The van der Waals surface area contributed by atoms with Gasteiger partial charge in [-0.15, -0.1) is 0 Å². The van der Waals surface area contributed by atoms with Crippen LogP contribution in [-0.2, 0) is 11.3 Å². The highest BCUT2D eigenvalue weighted by atomic mass is 32.2. The van der Waals surface area contributed by atoms with Gasteiger partial charge in [0.15, 0.2) is 11.5 Å². The Morgan fingerprint density at radius 2 is 1.71 bits per heavy atom. The van der Waals surface area contributed by atoms with Crippen molar-refractivity contribution in [2.24, 2.45) is 0 Å². The number of ether oxygens (including phenoxy) is 4. The Morgan fingerprint density at radius 3 is 2.25 bits per heavy atom. The van der Waals surface area contributed by atoms with Gasteiger partial charge in [0.1, 0.15) is 0 Å². The van der Waals surface area contributed by atoms with E-state index in [1.54, 1.807) is 21.3 Å². The van der Waals surface area contributed by atoms with Gasteiger partial charge in [0, 0.05) is 31.1 Å². The Labute approximate surface area is 148 Å². The highest BCUT2D eigenvalue weighted by Crippen LogP contribution is 2.38. The predicted octanol–water partition coefficient (Wildman–Crippen LogP) is 1.64. The van der Waals surface area contributed by atoms with Crippen LogP contribution < -0.4 is 14.2 Å². The molecule has 0 aliphatic carbocycles. The molecule has 0 saturated carbocycles. The van der Waals surface area contributed by atoms with E-state index in [4.69, 9.17) is 18.9 Å². The SMILES string of the molecule is COc1cc(COC[C@H](O)CN2CCSCC2)cc(OC)c1OC. The van der Waals surface area contributed by atoms with E-state index < -0.39 is 6.10 Å². The minimum atomic E-state index is -0.477. The lowest BCUT2D eigenvalue weighted by atomic mass is 10.2. The Balaban J connectivity index is 1.84. The van der Waals surface area contributed by atoms with Crippen molar-refractivity contribution in [1.29, 1.82) is 0 Å². The number of hydrogen-bond donors (Lipinski definition) is 1. The highest BCUT2D eigenvalue weighted by molar-refractivity contribution is 7.99. The lowest BCUT2D eigenvalue weighted by Gasteiger charge is -2.28. The monoisotopic (exact) mass is 357 g/mol. The number of aliphatic hydroxyl groups is 1. The summed E-state index contributed by atoms with van der Waals surface area (Å²) in [5, 5.41) is 10.1. The molecule has 0 unspecified atom stereocenters. The molecule has 0 amide bonds. The molecule has 0 spiro atoms. The standard InChI is InChI=1S/C17H27NO5S/c1-20-15-8-13(9-16(21-2)17(15)22-3)11-23-12-14(19)10-18-4-6-24-7-5-18/h8-9,14,19H,4-7,10-12H2,1-3H3/t14-/m1/s1. The molecule has 0 aromatic heterocycles. The molecular formula is C17H27NO5S. The van der Waals surface area contributed by atoms with E-state index in [1.807, 2.05) is 23.9 Å². The van der Waals surface area contributed by atoms with Crippen molar-refractivity contribution >= 4 is 11.8 Å². The van der Waals surface area contributed by atoms with Gasteiger partial charge in [-0.05, 0) is 17.7 Å². The third-order valence-electron chi connectivity index (χ3n) is 3.88. The van der Waals surface area contributed by atoms with Crippen molar-refractivity contribution in [2.75, 3.05) is 59.1 Å². The van der Waals surface area contributed by atoms with Gasteiger partial charge in [-0.3, -0.25) is 4.90 Å². The summed E-state index contributed by atoms with van der Waals surface area (Å²) in [4.78, 5) is 2.28. The van der Waals surface area contributed by atoms with Gasteiger partial charge in [-0.25, -0.2) is 0 Å². The van der Waals surface area contributed by atoms with E-state index in [0.717, 1.165) is 30.2 Å². The molecule has 136 valence electrons. The van der Waals surface area contributed by atoms with Crippen LogP contribution in [0.3, 0.4) is 0 Å². The number of benzene rings is 1. The third-order valence-corrected chi connectivity index (χ3v) is 4.82. The summed E-state index contributed by atoms with van der Waals surface area (Å²) < 4.78 is 21.6. The fourth-order valence-electron chi connectivity index (χ4n) is 2.67. The minimum Gasteiger partial charge on any atom is -0.493 e. The summed E-state index contributed by atoms with van der Waals surface area (Å²) in [6, 6.07) is 3.71. The van der Waals surface area contributed by atoms with Crippen LogP contribution in [0.4, 0.5) is 0 Å². The second kappa shape index (κ2) is 9.98.